The molecule has 1 aliphatic carbocycles. The number of phenols is 1. The molecule has 13 heteroatoms. The fraction of sp³-hybridized carbons (Fsp3) is 0.400. The van der Waals surface area contributed by atoms with Crippen LogP contribution in [0.5, 0.6) is 11.8 Å². The van der Waals surface area contributed by atoms with Gasteiger partial charge >= 0.3 is 6.01 Å². The number of alkyl halides is 2. The van der Waals surface area contributed by atoms with E-state index in [-0.39, 0.29) is 76.5 Å². The molecule has 9 nitrogen and oxygen atoms in total. The van der Waals surface area contributed by atoms with Crippen molar-refractivity contribution in [3.8, 4) is 35.2 Å². The third-order valence-corrected chi connectivity index (χ3v) is 9.92. The Morgan fingerprint density at radius 2 is 1.83 bits per heavy atom. The first kappa shape index (κ1) is 30.7. The normalized spacial score (nSPS) is 23.0. The van der Waals surface area contributed by atoms with Gasteiger partial charge in [-0.2, -0.15) is 15.1 Å². The largest absolute Gasteiger partial charge is 0.508 e. The zero-order chi connectivity index (χ0) is 33.7. The van der Waals surface area contributed by atoms with Gasteiger partial charge < -0.3 is 25.0 Å². The summed E-state index contributed by atoms with van der Waals surface area (Å²) >= 11 is 0. The molecular weight excluding hydrogens is 626 g/mol. The lowest BCUT2D eigenvalue weighted by atomic mass is 9.91. The molecule has 4 heterocycles. The fourth-order valence-corrected chi connectivity index (χ4v) is 7.75. The average molecular weight is 660 g/mol. The van der Waals surface area contributed by atoms with E-state index < -0.39 is 23.0 Å². The minimum Gasteiger partial charge on any atom is -0.508 e. The lowest BCUT2D eigenvalue weighted by Crippen LogP contribution is -2.51. The van der Waals surface area contributed by atoms with Crippen LogP contribution >= 0.6 is 0 Å². The van der Waals surface area contributed by atoms with Gasteiger partial charge in [0.2, 0.25) is 0 Å². The van der Waals surface area contributed by atoms with E-state index in [4.69, 9.17) is 16.1 Å². The van der Waals surface area contributed by atoms with E-state index in [1.54, 1.807) is 32.2 Å². The molecule has 3 aromatic carbocycles. The van der Waals surface area contributed by atoms with Gasteiger partial charge in [-0.1, -0.05) is 12.0 Å². The van der Waals surface area contributed by atoms with E-state index in [0.717, 1.165) is 12.8 Å². The first-order chi connectivity index (χ1) is 22.9. The minimum absolute atomic E-state index is 0.0464. The van der Waals surface area contributed by atoms with Gasteiger partial charge in [0.1, 0.15) is 35.0 Å². The van der Waals surface area contributed by atoms with E-state index in [1.807, 2.05) is 0 Å². The molecule has 2 saturated heterocycles. The van der Waals surface area contributed by atoms with E-state index in [1.165, 1.54) is 28.9 Å². The molecule has 3 aliphatic rings. The Balaban J connectivity index is 1.39. The van der Waals surface area contributed by atoms with E-state index >= 15 is 8.78 Å². The number of hydrogen-bond donors (Lipinski definition) is 2. The number of aromatic nitrogens is 4. The van der Waals surface area contributed by atoms with Crippen molar-refractivity contribution >= 4 is 38.4 Å². The summed E-state index contributed by atoms with van der Waals surface area (Å²) in [7, 11) is 5.14. The van der Waals surface area contributed by atoms with Gasteiger partial charge in [-0.25, -0.2) is 17.6 Å². The maximum atomic E-state index is 17.4. The van der Waals surface area contributed by atoms with Crippen molar-refractivity contribution in [3.05, 3.63) is 47.7 Å². The van der Waals surface area contributed by atoms with Crippen LogP contribution in [0.1, 0.15) is 24.8 Å². The summed E-state index contributed by atoms with van der Waals surface area (Å²) in [4.78, 5) is 13.1. The highest BCUT2D eigenvalue weighted by Crippen LogP contribution is 2.60. The first-order valence-electron chi connectivity index (χ1n) is 15.8. The number of rotatable bonds is 7. The molecule has 2 unspecified atom stereocenters. The van der Waals surface area contributed by atoms with Crippen LogP contribution in [0.2, 0.25) is 0 Å². The molecule has 2 N–H and O–H groups in total. The second-order valence-corrected chi connectivity index (χ2v) is 13.7. The number of nitrogens with zero attached hydrogens (tertiary/aromatic N) is 6. The molecule has 2 aromatic heterocycles. The van der Waals surface area contributed by atoms with Crippen molar-refractivity contribution in [2.75, 3.05) is 45.2 Å². The molecule has 48 heavy (non-hydrogen) atoms. The predicted molar refractivity (Wildman–Crippen MR) is 174 cm³/mol. The van der Waals surface area contributed by atoms with Crippen molar-refractivity contribution in [1.29, 1.82) is 0 Å². The van der Waals surface area contributed by atoms with Gasteiger partial charge in [-0.05, 0) is 56.1 Å². The standard InChI is InChI=1S/C35H33F4N7O2/c1-5-22-25(36)9-6-18-10-21(47)11-23(26(18)22)27-29(37)31-28(24-14-45(4)43-30(24)27)32(46-12-19-7-8-20(13-46)40-19)42-33(41-31)48-17-34(16-44(2)3)15-35(34,38)39/h1,6,9-11,14,19-20,40,47H,7-8,12-13,15-17H2,2-4H3/t19?,20?,34-/m1/s1. The molecule has 0 amide bonds. The summed E-state index contributed by atoms with van der Waals surface area (Å²) < 4.78 is 69.3. The van der Waals surface area contributed by atoms with E-state index in [2.05, 4.69) is 26.2 Å². The van der Waals surface area contributed by atoms with Crippen molar-refractivity contribution in [3.63, 3.8) is 0 Å². The van der Waals surface area contributed by atoms with E-state index in [9.17, 15) is 13.9 Å². The number of piperazine rings is 1. The summed E-state index contributed by atoms with van der Waals surface area (Å²) in [6.07, 6.45) is 9.10. The molecule has 0 radical (unpaired) electrons. The van der Waals surface area contributed by atoms with Crippen LogP contribution in [-0.4, -0.2) is 88.1 Å². The highest BCUT2D eigenvalue weighted by Gasteiger charge is 2.71. The molecule has 2 bridgehead atoms. The molecule has 1 saturated carbocycles. The molecule has 8 rings (SSSR count). The van der Waals surface area contributed by atoms with E-state index in [0.29, 0.717) is 35.1 Å². The zero-order valence-corrected chi connectivity index (χ0v) is 26.6. The van der Waals surface area contributed by atoms with Gasteiger partial charge in [0.25, 0.3) is 5.92 Å². The van der Waals surface area contributed by atoms with Crippen molar-refractivity contribution in [2.45, 2.75) is 37.3 Å². The minimum atomic E-state index is -2.92. The van der Waals surface area contributed by atoms with Gasteiger partial charge in [0.05, 0.1) is 16.4 Å². The number of anilines is 1. The summed E-state index contributed by atoms with van der Waals surface area (Å²) in [6.45, 7) is 0.923. The highest BCUT2D eigenvalue weighted by atomic mass is 19.3. The van der Waals surface area contributed by atoms with Crippen LogP contribution in [0.4, 0.5) is 23.4 Å². The Kier molecular flexibility index (Phi) is 6.81. The molecule has 248 valence electrons. The Hall–Kier alpha value is -4.67. The number of benzene rings is 3. The molecule has 0 spiro atoms. The van der Waals surface area contributed by atoms with Gasteiger partial charge in [-0.15, -0.1) is 6.42 Å². The Morgan fingerprint density at radius 3 is 2.50 bits per heavy atom. The average Bonchev–Trinajstić information content (AvgIpc) is 3.26. The Bertz CT molecular complexity index is 2180. The molecule has 3 atom stereocenters. The number of ether oxygens (including phenoxy) is 1. The molecular formula is C35H33F4N7O2. The second-order valence-electron chi connectivity index (χ2n) is 13.7. The summed E-state index contributed by atoms with van der Waals surface area (Å²) in [5.41, 5.74) is -1.31. The number of aromatic hydroxyl groups is 1. The fourth-order valence-electron chi connectivity index (χ4n) is 7.75. The number of terminal acetylenes is 1. The Labute approximate surface area is 273 Å². The van der Waals surface area contributed by atoms with Crippen LogP contribution in [-0.2, 0) is 7.05 Å². The van der Waals surface area contributed by atoms with Crippen LogP contribution in [0.3, 0.4) is 0 Å². The number of hydrogen-bond acceptors (Lipinski definition) is 8. The maximum Gasteiger partial charge on any atom is 0.319 e. The number of aryl methyl sites for hydroxylation is 1. The summed E-state index contributed by atoms with van der Waals surface area (Å²) in [5, 5.41) is 20.5. The van der Waals surface area contributed by atoms with Crippen molar-refractivity contribution in [2.24, 2.45) is 12.5 Å². The zero-order valence-electron chi connectivity index (χ0n) is 26.6. The Morgan fingerprint density at radius 1 is 1.10 bits per heavy atom. The summed E-state index contributed by atoms with van der Waals surface area (Å²) in [5.74, 6) is -1.80. The van der Waals surface area contributed by atoms with Gasteiger partial charge in [0.15, 0.2) is 5.82 Å². The van der Waals surface area contributed by atoms with Crippen LogP contribution in [0.15, 0.2) is 30.5 Å². The van der Waals surface area contributed by atoms with Crippen LogP contribution < -0.4 is 15.0 Å². The smallest absolute Gasteiger partial charge is 0.319 e. The number of fused-ring (bicyclic) bond motifs is 6. The molecule has 5 aromatic rings. The third-order valence-electron chi connectivity index (χ3n) is 9.92. The highest BCUT2D eigenvalue weighted by molar-refractivity contribution is 6.18. The number of halogens is 4. The van der Waals surface area contributed by atoms with Crippen LogP contribution in [0, 0.1) is 29.4 Å². The van der Waals surface area contributed by atoms with Crippen molar-refractivity contribution in [1.82, 2.24) is 30.0 Å². The predicted octanol–water partition coefficient (Wildman–Crippen LogP) is 5.21. The number of phenolic OH excluding ortho intramolecular Hbond substituents is 1. The molecule has 2 aliphatic heterocycles. The van der Waals surface area contributed by atoms with Gasteiger partial charge in [0, 0.05) is 67.7 Å². The van der Waals surface area contributed by atoms with Crippen molar-refractivity contribution < 1.29 is 27.4 Å². The lowest BCUT2D eigenvalue weighted by Gasteiger charge is -2.34. The monoisotopic (exact) mass is 659 g/mol. The second kappa shape index (κ2) is 10.7. The summed E-state index contributed by atoms with van der Waals surface area (Å²) in [6, 6.07) is 5.60. The topological polar surface area (TPSA) is 91.6 Å². The maximum absolute atomic E-state index is 17.4. The third kappa shape index (κ3) is 4.72. The quantitative estimate of drug-likeness (QED) is 0.182. The van der Waals surface area contributed by atoms with Crippen LogP contribution in [0.25, 0.3) is 43.7 Å². The SMILES string of the molecule is C#Cc1c(F)ccc2cc(O)cc(-c3c(F)c4nc(OC[C@]5(CN(C)C)CC5(F)F)nc(N5CC6CCC(C5)N6)c4c4cn(C)nc34)c12. The number of nitrogens with one attached hydrogen (secondary N) is 1. The lowest BCUT2D eigenvalue weighted by molar-refractivity contribution is 0.0288. The first-order valence-corrected chi connectivity index (χ1v) is 15.8. The van der Waals surface area contributed by atoms with Gasteiger partial charge in [-0.3, -0.25) is 4.68 Å². The molecule has 3 fully saturated rings.